The summed E-state index contributed by atoms with van der Waals surface area (Å²) >= 11 is 0. The minimum absolute atomic E-state index is 0.619. The summed E-state index contributed by atoms with van der Waals surface area (Å²) in [6.07, 6.45) is 0. The van der Waals surface area contributed by atoms with Crippen molar-refractivity contribution in [1.82, 2.24) is 4.98 Å². The van der Waals surface area contributed by atoms with Crippen LogP contribution in [-0.4, -0.2) is 4.98 Å². The summed E-state index contributed by atoms with van der Waals surface area (Å²) in [5.74, 6) is 0.619. The molecule has 3 heteroatoms. The van der Waals surface area contributed by atoms with Crippen LogP contribution in [0.5, 0.6) is 0 Å². The Morgan fingerprint density at radius 3 is 1.69 bits per heavy atom. The fourth-order valence-electron chi connectivity index (χ4n) is 5.89. The molecule has 198 valence electrons. The third-order valence-corrected chi connectivity index (χ3v) is 7.85. The summed E-state index contributed by atoms with van der Waals surface area (Å²) in [6, 6.07) is 54.9. The van der Waals surface area contributed by atoms with Crippen molar-refractivity contribution in [2.45, 2.75) is 0 Å². The van der Waals surface area contributed by atoms with Crippen LogP contribution in [0.4, 0.5) is 17.1 Å². The van der Waals surface area contributed by atoms with Crippen LogP contribution in [0.1, 0.15) is 0 Å². The van der Waals surface area contributed by atoms with Gasteiger partial charge in [0.15, 0.2) is 5.58 Å². The lowest BCUT2D eigenvalue weighted by atomic mass is 9.99. The first-order chi connectivity index (χ1) is 20.8. The number of aromatic nitrogens is 1. The van der Waals surface area contributed by atoms with Gasteiger partial charge in [0, 0.05) is 33.4 Å². The lowest BCUT2D eigenvalue weighted by Gasteiger charge is -2.25. The number of para-hydroxylation sites is 2. The van der Waals surface area contributed by atoms with Crippen LogP contribution in [-0.2, 0) is 0 Å². The monoisotopic (exact) mass is 538 g/mol. The Kier molecular flexibility index (Phi) is 5.79. The van der Waals surface area contributed by atoms with Crippen molar-refractivity contribution < 1.29 is 4.42 Å². The van der Waals surface area contributed by atoms with Gasteiger partial charge in [0.25, 0.3) is 0 Å². The highest BCUT2D eigenvalue weighted by molar-refractivity contribution is 6.23. The quantitative estimate of drug-likeness (QED) is 0.204. The molecule has 0 fully saturated rings. The molecule has 0 radical (unpaired) electrons. The topological polar surface area (TPSA) is 29.3 Å². The first-order valence-corrected chi connectivity index (χ1v) is 14.1. The number of rotatable bonds is 5. The van der Waals surface area contributed by atoms with E-state index < -0.39 is 0 Å². The molecule has 0 bridgehead atoms. The predicted molar refractivity (Wildman–Crippen MR) is 175 cm³/mol. The van der Waals surface area contributed by atoms with Gasteiger partial charge in [0.1, 0.15) is 5.52 Å². The molecule has 1 aromatic heterocycles. The smallest absolute Gasteiger partial charge is 0.227 e. The molecule has 0 amide bonds. The second kappa shape index (κ2) is 10.1. The van der Waals surface area contributed by atoms with Crippen LogP contribution < -0.4 is 4.90 Å². The molecule has 8 aromatic rings. The molecule has 8 rings (SSSR count). The van der Waals surface area contributed by atoms with E-state index in [2.05, 4.69) is 144 Å². The number of nitrogens with zero attached hydrogens (tertiary/aromatic N) is 2. The third kappa shape index (κ3) is 4.11. The Bertz CT molecular complexity index is 2150. The first kappa shape index (κ1) is 24.2. The Hall–Kier alpha value is -5.67. The molecule has 0 N–H and O–H groups in total. The second-order valence-electron chi connectivity index (χ2n) is 10.4. The highest BCUT2D eigenvalue weighted by atomic mass is 16.3. The lowest BCUT2D eigenvalue weighted by Crippen LogP contribution is -2.09. The molecule has 3 nitrogen and oxygen atoms in total. The van der Waals surface area contributed by atoms with Crippen LogP contribution in [0, 0.1) is 0 Å². The molecule has 0 atom stereocenters. The predicted octanol–water partition coefficient (Wildman–Crippen LogP) is 10.9. The van der Waals surface area contributed by atoms with Gasteiger partial charge < -0.3 is 9.32 Å². The first-order valence-electron chi connectivity index (χ1n) is 14.1. The van der Waals surface area contributed by atoms with E-state index in [4.69, 9.17) is 9.40 Å². The summed E-state index contributed by atoms with van der Waals surface area (Å²) in [7, 11) is 0. The average molecular weight is 539 g/mol. The molecule has 0 spiro atoms. The van der Waals surface area contributed by atoms with Gasteiger partial charge in [-0.3, -0.25) is 0 Å². The third-order valence-electron chi connectivity index (χ3n) is 7.85. The molecule has 1 heterocycles. The van der Waals surface area contributed by atoms with Crippen molar-refractivity contribution in [3.8, 4) is 22.6 Å². The van der Waals surface area contributed by atoms with Gasteiger partial charge in [-0.2, -0.15) is 0 Å². The molecular formula is C39H26N2O. The van der Waals surface area contributed by atoms with Gasteiger partial charge in [-0.1, -0.05) is 109 Å². The summed E-state index contributed by atoms with van der Waals surface area (Å²) in [5, 5.41) is 4.43. The highest BCUT2D eigenvalue weighted by Gasteiger charge is 2.19. The van der Waals surface area contributed by atoms with Gasteiger partial charge >= 0.3 is 0 Å². The Labute approximate surface area is 243 Å². The molecule has 0 aliphatic carbocycles. The maximum atomic E-state index is 6.61. The zero-order valence-electron chi connectivity index (χ0n) is 22.8. The van der Waals surface area contributed by atoms with Crippen molar-refractivity contribution in [3.63, 3.8) is 0 Å². The highest BCUT2D eigenvalue weighted by Crippen LogP contribution is 2.41. The van der Waals surface area contributed by atoms with E-state index in [1.807, 2.05) is 18.2 Å². The normalized spacial score (nSPS) is 11.3. The Morgan fingerprint density at radius 1 is 0.405 bits per heavy atom. The number of oxazole rings is 1. The molecule has 0 saturated carbocycles. The van der Waals surface area contributed by atoms with Gasteiger partial charge in [0.05, 0.1) is 0 Å². The van der Waals surface area contributed by atoms with E-state index >= 15 is 0 Å². The van der Waals surface area contributed by atoms with E-state index in [9.17, 15) is 0 Å². The maximum absolute atomic E-state index is 6.61. The Morgan fingerprint density at radius 2 is 0.976 bits per heavy atom. The van der Waals surface area contributed by atoms with Crippen LogP contribution >= 0.6 is 0 Å². The van der Waals surface area contributed by atoms with Crippen LogP contribution in [0.15, 0.2) is 162 Å². The van der Waals surface area contributed by atoms with Crippen molar-refractivity contribution in [1.29, 1.82) is 0 Å². The minimum Gasteiger partial charge on any atom is -0.435 e. The number of hydrogen-bond acceptors (Lipinski definition) is 3. The molecule has 0 unspecified atom stereocenters. The van der Waals surface area contributed by atoms with Crippen molar-refractivity contribution >= 4 is 49.7 Å². The molecular weight excluding hydrogens is 512 g/mol. The largest absolute Gasteiger partial charge is 0.435 e. The van der Waals surface area contributed by atoms with E-state index in [1.54, 1.807) is 0 Å². The van der Waals surface area contributed by atoms with Gasteiger partial charge in [-0.05, 0) is 70.4 Å². The summed E-state index contributed by atoms with van der Waals surface area (Å²) in [6.45, 7) is 0. The van der Waals surface area contributed by atoms with Crippen LogP contribution in [0.2, 0.25) is 0 Å². The van der Waals surface area contributed by atoms with Crippen molar-refractivity contribution in [3.05, 3.63) is 158 Å². The number of hydrogen-bond donors (Lipinski definition) is 0. The van der Waals surface area contributed by atoms with Gasteiger partial charge in [-0.25, -0.2) is 4.98 Å². The number of benzene rings is 7. The fourth-order valence-corrected chi connectivity index (χ4v) is 5.89. The average Bonchev–Trinajstić information content (AvgIpc) is 3.53. The number of anilines is 3. The molecule has 0 aliphatic rings. The van der Waals surface area contributed by atoms with Crippen molar-refractivity contribution in [2.24, 2.45) is 0 Å². The zero-order chi connectivity index (χ0) is 27.9. The van der Waals surface area contributed by atoms with Gasteiger partial charge in [-0.15, -0.1) is 0 Å². The standard InChI is InChI=1S/C39H26N2O/c1-4-13-27(14-5-1)28-15-12-16-29(25-28)39-40-37-36-26-32(23-24-34(36)33-21-10-11-22-35(33)38(37)42-39)41(30-17-6-2-7-18-30)31-19-8-3-9-20-31/h1-26H. The summed E-state index contributed by atoms with van der Waals surface area (Å²) in [4.78, 5) is 7.44. The molecule has 0 aliphatic heterocycles. The van der Waals surface area contributed by atoms with E-state index in [0.29, 0.717) is 5.89 Å². The second-order valence-corrected chi connectivity index (χ2v) is 10.4. The lowest BCUT2D eigenvalue weighted by molar-refractivity contribution is 0.623. The van der Waals surface area contributed by atoms with E-state index in [1.165, 1.54) is 0 Å². The van der Waals surface area contributed by atoms with Crippen LogP contribution in [0.25, 0.3) is 55.2 Å². The SMILES string of the molecule is c1ccc(-c2cccc(-c3nc4c5cc(N(c6ccccc6)c6ccccc6)ccc5c5ccccc5c4o3)c2)cc1. The summed E-state index contributed by atoms with van der Waals surface area (Å²) < 4.78 is 6.61. The maximum Gasteiger partial charge on any atom is 0.227 e. The van der Waals surface area contributed by atoms with Crippen LogP contribution in [0.3, 0.4) is 0 Å². The fraction of sp³-hybridized carbons (Fsp3) is 0. The molecule has 7 aromatic carbocycles. The van der Waals surface area contributed by atoms with Crippen molar-refractivity contribution in [2.75, 3.05) is 4.90 Å². The minimum atomic E-state index is 0.619. The number of fused-ring (bicyclic) bond motifs is 6. The molecule has 42 heavy (non-hydrogen) atoms. The van der Waals surface area contributed by atoms with E-state index in [0.717, 1.165) is 66.4 Å². The Balaban J connectivity index is 1.36. The zero-order valence-corrected chi connectivity index (χ0v) is 22.8. The summed E-state index contributed by atoms with van der Waals surface area (Å²) in [5.41, 5.74) is 8.18. The molecule has 0 saturated heterocycles. The van der Waals surface area contributed by atoms with E-state index in [-0.39, 0.29) is 0 Å². The van der Waals surface area contributed by atoms with Gasteiger partial charge in [0.2, 0.25) is 5.89 Å².